The highest BCUT2D eigenvalue weighted by atomic mass is 16.5. The molecule has 0 spiro atoms. The monoisotopic (exact) mass is 460 g/mol. The molecule has 0 saturated carbocycles. The second-order valence-electron chi connectivity index (χ2n) is 8.16. The minimum absolute atomic E-state index is 0.0710. The lowest BCUT2D eigenvalue weighted by molar-refractivity contribution is 0.0724. The van der Waals surface area contributed by atoms with Crippen molar-refractivity contribution in [3.05, 3.63) is 55.1 Å². The number of nitrogen functional groups attached to an aromatic ring is 1. The van der Waals surface area contributed by atoms with Gasteiger partial charge < -0.3 is 20.5 Å². The molecule has 1 aliphatic heterocycles. The molecule has 0 aromatic carbocycles. The van der Waals surface area contributed by atoms with Crippen molar-refractivity contribution in [3.8, 4) is 22.4 Å². The molecule has 176 valence electrons. The Hall–Kier alpha value is -3.60. The van der Waals surface area contributed by atoms with Crippen LogP contribution in [0.4, 0.5) is 11.6 Å². The van der Waals surface area contributed by atoms with Crippen molar-refractivity contribution in [1.29, 1.82) is 0 Å². The van der Waals surface area contributed by atoms with Crippen LogP contribution in [-0.2, 0) is 4.74 Å². The largest absolute Gasteiger partial charge is 0.394 e. The van der Waals surface area contributed by atoms with Gasteiger partial charge in [0.15, 0.2) is 11.5 Å². The van der Waals surface area contributed by atoms with Crippen LogP contribution in [0.25, 0.3) is 28.0 Å². The maximum Gasteiger partial charge on any atom is 0.166 e. The summed E-state index contributed by atoms with van der Waals surface area (Å²) in [6.07, 6.45) is 7.34. The van der Waals surface area contributed by atoms with Crippen LogP contribution in [0.1, 0.15) is 0 Å². The van der Waals surface area contributed by atoms with Crippen LogP contribution in [0.3, 0.4) is 0 Å². The van der Waals surface area contributed by atoms with Gasteiger partial charge in [-0.25, -0.2) is 14.5 Å². The van der Waals surface area contributed by atoms with Crippen molar-refractivity contribution in [1.82, 2.24) is 29.5 Å². The van der Waals surface area contributed by atoms with E-state index < -0.39 is 0 Å². The van der Waals surface area contributed by atoms with Gasteiger partial charge in [0.1, 0.15) is 5.82 Å². The highest BCUT2D eigenvalue weighted by Gasteiger charge is 2.18. The molecule has 4 aromatic heterocycles. The van der Waals surface area contributed by atoms with E-state index in [1.54, 1.807) is 10.7 Å². The van der Waals surface area contributed by atoms with Crippen molar-refractivity contribution in [2.45, 2.75) is 0 Å². The van der Waals surface area contributed by atoms with Crippen molar-refractivity contribution in [2.75, 3.05) is 63.2 Å². The number of anilines is 2. The third kappa shape index (κ3) is 4.69. The van der Waals surface area contributed by atoms with Crippen LogP contribution < -0.4 is 10.6 Å². The van der Waals surface area contributed by atoms with Crippen LogP contribution >= 0.6 is 0 Å². The first-order valence-corrected chi connectivity index (χ1v) is 11.4. The summed E-state index contributed by atoms with van der Waals surface area (Å²) < 4.78 is 7.07. The summed E-state index contributed by atoms with van der Waals surface area (Å²) in [5.41, 5.74) is 10.2. The second kappa shape index (κ2) is 10.1. The van der Waals surface area contributed by atoms with E-state index >= 15 is 0 Å². The fraction of sp³-hybridized carbons (Fsp3) is 0.333. The maximum absolute atomic E-state index is 8.79. The molecule has 3 N–H and O–H groups in total. The number of hydrogen-bond acceptors (Lipinski definition) is 9. The number of nitrogens with two attached hydrogens (primary N) is 1. The summed E-state index contributed by atoms with van der Waals surface area (Å²) >= 11 is 0. The average Bonchev–Trinajstić information content (AvgIpc) is 3.22. The summed E-state index contributed by atoms with van der Waals surface area (Å²) in [5, 5.41) is 13.2. The number of piperazine rings is 1. The Morgan fingerprint density at radius 3 is 2.53 bits per heavy atom. The molecule has 1 fully saturated rings. The lowest BCUT2D eigenvalue weighted by Crippen LogP contribution is -2.47. The first-order valence-electron chi connectivity index (χ1n) is 11.4. The summed E-state index contributed by atoms with van der Waals surface area (Å²) in [5.74, 6) is 1.37. The molecule has 10 nitrogen and oxygen atoms in total. The Labute approximate surface area is 197 Å². The van der Waals surface area contributed by atoms with Crippen molar-refractivity contribution < 1.29 is 9.84 Å². The third-order valence-electron chi connectivity index (χ3n) is 5.99. The van der Waals surface area contributed by atoms with E-state index in [-0.39, 0.29) is 6.61 Å². The van der Waals surface area contributed by atoms with Gasteiger partial charge in [-0.05, 0) is 24.3 Å². The van der Waals surface area contributed by atoms with Crippen LogP contribution in [-0.4, -0.2) is 87.1 Å². The molecule has 0 unspecified atom stereocenters. The number of nitrogens with zero attached hydrogens (tertiary/aromatic N) is 7. The molecule has 0 aliphatic carbocycles. The van der Waals surface area contributed by atoms with Gasteiger partial charge >= 0.3 is 0 Å². The predicted octanol–water partition coefficient (Wildman–Crippen LogP) is 1.57. The Kier molecular flexibility index (Phi) is 6.61. The van der Waals surface area contributed by atoms with E-state index in [1.165, 1.54) is 0 Å². The van der Waals surface area contributed by atoms with E-state index in [2.05, 4.69) is 37.0 Å². The number of aliphatic hydroxyl groups excluding tert-OH is 1. The molecule has 5 heterocycles. The number of aliphatic hydroxyl groups is 1. The van der Waals surface area contributed by atoms with Gasteiger partial charge in [-0.2, -0.15) is 0 Å². The van der Waals surface area contributed by atoms with Crippen molar-refractivity contribution >= 4 is 17.3 Å². The molecule has 0 bridgehead atoms. The van der Waals surface area contributed by atoms with Crippen LogP contribution in [0.15, 0.2) is 55.1 Å². The smallest absolute Gasteiger partial charge is 0.166 e. The van der Waals surface area contributed by atoms with Crippen LogP contribution in [0.5, 0.6) is 0 Å². The number of pyridine rings is 2. The minimum atomic E-state index is 0.0710. The molecule has 1 saturated heterocycles. The van der Waals surface area contributed by atoms with Gasteiger partial charge in [0.05, 0.1) is 31.1 Å². The lowest BCUT2D eigenvalue weighted by atomic mass is 10.1. The Morgan fingerprint density at radius 1 is 0.941 bits per heavy atom. The normalized spacial score (nSPS) is 14.7. The summed E-state index contributed by atoms with van der Waals surface area (Å²) in [6.45, 7) is 5.77. The van der Waals surface area contributed by atoms with Crippen LogP contribution in [0.2, 0.25) is 0 Å². The standard InChI is InChI=1S/C24H28N8O2/c25-23-22(20-3-1-2-6-26-20)24-28-16-19(17-32(24)29-23)18-4-5-21(27-15-18)31-9-7-30(8-10-31)11-13-34-14-12-33/h1-6,15-17,33H,7-14H2,(H2,25,29). The quantitative estimate of drug-likeness (QED) is 0.378. The van der Waals surface area contributed by atoms with E-state index in [4.69, 9.17) is 20.6 Å². The molecular formula is C24H28N8O2. The lowest BCUT2D eigenvalue weighted by Gasteiger charge is -2.35. The Morgan fingerprint density at radius 2 is 1.79 bits per heavy atom. The van der Waals surface area contributed by atoms with Crippen molar-refractivity contribution in [3.63, 3.8) is 0 Å². The minimum Gasteiger partial charge on any atom is -0.394 e. The number of aromatic nitrogens is 5. The predicted molar refractivity (Wildman–Crippen MR) is 130 cm³/mol. The number of hydrogen-bond donors (Lipinski definition) is 2. The molecule has 34 heavy (non-hydrogen) atoms. The van der Waals surface area contributed by atoms with Crippen molar-refractivity contribution in [2.24, 2.45) is 0 Å². The highest BCUT2D eigenvalue weighted by Crippen LogP contribution is 2.29. The van der Waals surface area contributed by atoms with Gasteiger partial charge in [-0.15, -0.1) is 5.10 Å². The molecule has 4 aromatic rings. The van der Waals surface area contributed by atoms with E-state index in [9.17, 15) is 0 Å². The zero-order chi connectivity index (χ0) is 23.3. The van der Waals surface area contributed by atoms with Gasteiger partial charge in [0.2, 0.25) is 0 Å². The fourth-order valence-electron chi connectivity index (χ4n) is 4.16. The first kappa shape index (κ1) is 22.2. The molecule has 1 aliphatic rings. The van der Waals surface area contributed by atoms with E-state index in [0.29, 0.717) is 24.7 Å². The average molecular weight is 461 g/mol. The zero-order valence-electron chi connectivity index (χ0n) is 18.9. The molecule has 10 heteroatoms. The molecule has 0 radical (unpaired) electrons. The maximum atomic E-state index is 8.79. The van der Waals surface area contributed by atoms with E-state index in [0.717, 1.165) is 60.9 Å². The first-order chi connectivity index (χ1) is 16.7. The summed E-state index contributed by atoms with van der Waals surface area (Å²) in [6, 6.07) is 9.80. The summed E-state index contributed by atoms with van der Waals surface area (Å²) in [4.78, 5) is 18.4. The SMILES string of the molecule is Nc1nn2cc(-c3ccc(N4CCN(CCOCCO)CC4)nc3)cnc2c1-c1ccccn1. The fourth-order valence-corrected chi connectivity index (χ4v) is 4.16. The molecule has 0 atom stereocenters. The van der Waals surface area contributed by atoms with E-state index in [1.807, 2.05) is 36.8 Å². The third-order valence-corrected chi connectivity index (χ3v) is 5.99. The summed E-state index contributed by atoms with van der Waals surface area (Å²) in [7, 11) is 0. The Bertz CT molecular complexity index is 1220. The second-order valence-corrected chi connectivity index (χ2v) is 8.16. The van der Waals surface area contributed by atoms with Gasteiger partial charge in [0, 0.05) is 68.6 Å². The van der Waals surface area contributed by atoms with Gasteiger partial charge in [-0.3, -0.25) is 9.88 Å². The van der Waals surface area contributed by atoms with Crippen LogP contribution in [0, 0.1) is 0 Å². The zero-order valence-corrected chi connectivity index (χ0v) is 18.9. The molecule has 0 amide bonds. The molecular weight excluding hydrogens is 432 g/mol. The van der Waals surface area contributed by atoms with Gasteiger partial charge in [0.25, 0.3) is 0 Å². The number of rotatable bonds is 8. The molecule has 5 rings (SSSR count). The van der Waals surface area contributed by atoms with Gasteiger partial charge in [-0.1, -0.05) is 6.07 Å². The topological polar surface area (TPSA) is 118 Å². The highest BCUT2D eigenvalue weighted by molar-refractivity contribution is 5.84. The number of ether oxygens (including phenoxy) is 1. The Balaban J connectivity index is 1.26. The number of fused-ring (bicyclic) bond motifs is 1.